The molecule has 0 saturated heterocycles. The van der Waals surface area contributed by atoms with E-state index in [1.165, 1.54) is 12.1 Å². The molecule has 0 aliphatic heterocycles. The van der Waals surface area contributed by atoms with E-state index in [0.717, 1.165) is 21.9 Å². The van der Waals surface area contributed by atoms with Crippen LogP contribution in [-0.2, 0) is 25.6 Å². The predicted molar refractivity (Wildman–Crippen MR) is 114 cm³/mol. The number of aryl methyl sites for hydroxylation is 2. The first kappa shape index (κ1) is 23.7. The van der Waals surface area contributed by atoms with Crippen LogP contribution in [0.1, 0.15) is 38.3 Å². The first-order valence-corrected chi connectivity index (χ1v) is 11.1. The van der Waals surface area contributed by atoms with Crippen LogP contribution in [0, 0.1) is 6.92 Å². The molecule has 1 amide bonds. The van der Waals surface area contributed by atoms with Crippen LogP contribution in [0.5, 0.6) is 5.75 Å². The summed E-state index contributed by atoms with van der Waals surface area (Å²) in [6.45, 7) is 7.00. The minimum atomic E-state index is -4.18. The number of hydrogen-bond acceptors (Lipinski definition) is 6. The zero-order valence-corrected chi connectivity index (χ0v) is 18.9. The minimum absolute atomic E-state index is 0.0329. The summed E-state index contributed by atoms with van der Waals surface area (Å²) < 4.78 is 41.0. The number of methoxy groups -OCH3 is 1. The van der Waals surface area contributed by atoms with Gasteiger partial charge in [-0.05, 0) is 70.4 Å². The van der Waals surface area contributed by atoms with E-state index in [1.807, 2.05) is 31.2 Å². The highest BCUT2D eigenvalue weighted by Gasteiger charge is 2.28. The maximum atomic E-state index is 12.7. The molecule has 0 radical (unpaired) electrons. The number of amides is 1. The molecular formula is C22H29NO6S. The van der Waals surface area contributed by atoms with Crippen molar-refractivity contribution in [3.63, 3.8) is 0 Å². The third-order valence-electron chi connectivity index (χ3n) is 4.06. The summed E-state index contributed by atoms with van der Waals surface area (Å²) in [7, 11) is -2.59. The Hall–Kier alpha value is -2.58. The van der Waals surface area contributed by atoms with Gasteiger partial charge in [0.05, 0.1) is 18.6 Å². The van der Waals surface area contributed by atoms with Crippen molar-refractivity contribution in [2.24, 2.45) is 0 Å². The first-order chi connectivity index (χ1) is 14.0. The molecular weight excluding hydrogens is 406 g/mol. The highest BCUT2D eigenvalue weighted by atomic mass is 32.2. The van der Waals surface area contributed by atoms with Crippen molar-refractivity contribution >= 4 is 16.2 Å². The largest absolute Gasteiger partial charge is 0.497 e. The summed E-state index contributed by atoms with van der Waals surface area (Å²) in [5, 5.41) is 0.764. The Bertz CT molecular complexity index is 948. The molecule has 2 rings (SSSR count). The molecule has 0 unspecified atom stereocenters. The van der Waals surface area contributed by atoms with Crippen LogP contribution in [0.4, 0.5) is 4.79 Å². The Kier molecular flexibility index (Phi) is 7.86. The maximum absolute atomic E-state index is 12.7. The van der Waals surface area contributed by atoms with Gasteiger partial charge >= 0.3 is 16.2 Å². The van der Waals surface area contributed by atoms with Crippen molar-refractivity contribution in [2.45, 2.75) is 51.0 Å². The highest BCUT2D eigenvalue weighted by molar-refractivity contribution is 7.86. The number of rotatable bonds is 8. The number of nitrogens with zero attached hydrogens (tertiary/aromatic N) is 1. The molecule has 2 aromatic rings. The lowest BCUT2D eigenvalue weighted by atomic mass is 10.1. The van der Waals surface area contributed by atoms with Crippen molar-refractivity contribution < 1.29 is 27.0 Å². The number of hydrogen-bond donors (Lipinski definition) is 0. The molecule has 0 N–H and O–H groups in total. The van der Waals surface area contributed by atoms with Crippen LogP contribution in [0.3, 0.4) is 0 Å². The van der Waals surface area contributed by atoms with E-state index >= 15 is 0 Å². The van der Waals surface area contributed by atoms with Crippen LogP contribution < -0.4 is 4.74 Å². The highest BCUT2D eigenvalue weighted by Crippen LogP contribution is 2.19. The van der Waals surface area contributed by atoms with Gasteiger partial charge in [-0.15, -0.1) is 4.28 Å². The Morgan fingerprint density at radius 3 is 2.33 bits per heavy atom. The Morgan fingerprint density at radius 1 is 1.07 bits per heavy atom. The predicted octanol–water partition coefficient (Wildman–Crippen LogP) is 4.49. The van der Waals surface area contributed by atoms with E-state index in [1.54, 1.807) is 40.0 Å². The van der Waals surface area contributed by atoms with Gasteiger partial charge in [-0.1, -0.05) is 29.8 Å². The van der Waals surface area contributed by atoms with Crippen LogP contribution >= 0.6 is 0 Å². The van der Waals surface area contributed by atoms with E-state index in [2.05, 4.69) is 0 Å². The monoisotopic (exact) mass is 435 g/mol. The Labute approximate surface area is 178 Å². The second kappa shape index (κ2) is 9.95. The molecule has 0 fully saturated rings. The zero-order chi connectivity index (χ0) is 22.4. The van der Waals surface area contributed by atoms with Crippen LogP contribution in [0.25, 0.3) is 0 Å². The van der Waals surface area contributed by atoms with Gasteiger partial charge in [0.2, 0.25) is 0 Å². The molecule has 0 aromatic heterocycles. The summed E-state index contributed by atoms with van der Waals surface area (Å²) in [4.78, 5) is 12.5. The van der Waals surface area contributed by atoms with Crippen LogP contribution in [0.2, 0.25) is 0 Å². The van der Waals surface area contributed by atoms with Gasteiger partial charge in [-0.25, -0.2) is 4.79 Å². The van der Waals surface area contributed by atoms with Gasteiger partial charge in [0.25, 0.3) is 0 Å². The molecule has 0 heterocycles. The SMILES string of the molecule is COc1cccc(CCCN(OS(=O)(=O)c2ccc(C)cc2)C(=O)OC(C)(C)C)c1. The van der Waals surface area contributed by atoms with E-state index in [-0.39, 0.29) is 11.4 Å². The number of carbonyl (C=O) groups excluding carboxylic acids is 1. The lowest BCUT2D eigenvalue weighted by Crippen LogP contribution is -2.39. The molecule has 0 saturated carbocycles. The molecule has 0 aliphatic carbocycles. The van der Waals surface area contributed by atoms with Crippen molar-refractivity contribution in [3.05, 3.63) is 59.7 Å². The topological polar surface area (TPSA) is 82.1 Å². The zero-order valence-electron chi connectivity index (χ0n) is 18.0. The minimum Gasteiger partial charge on any atom is -0.497 e. The third-order valence-corrected chi connectivity index (χ3v) is 5.28. The summed E-state index contributed by atoms with van der Waals surface area (Å²) in [6, 6.07) is 13.7. The lowest BCUT2D eigenvalue weighted by molar-refractivity contribution is -0.0688. The molecule has 0 spiro atoms. The third kappa shape index (κ3) is 7.35. The molecule has 0 bridgehead atoms. The van der Waals surface area contributed by atoms with Crippen molar-refractivity contribution in [2.75, 3.05) is 13.7 Å². The second-order valence-electron chi connectivity index (χ2n) is 7.88. The number of ether oxygens (including phenoxy) is 2. The van der Waals surface area contributed by atoms with E-state index in [4.69, 9.17) is 13.8 Å². The van der Waals surface area contributed by atoms with Gasteiger partial charge in [0.15, 0.2) is 0 Å². The standard InChI is InChI=1S/C22H29NO6S/c1-17-11-13-20(14-12-17)30(25,26)29-23(21(24)28-22(2,3)4)15-7-9-18-8-6-10-19(16-18)27-5/h6,8,10-14,16H,7,9,15H2,1-5H3. The van der Waals surface area contributed by atoms with Gasteiger partial charge in [0.1, 0.15) is 11.4 Å². The molecule has 8 heteroatoms. The van der Waals surface area contributed by atoms with Gasteiger partial charge in [0, 0.05) is 0 Å². The van der Waals surface area contributed by atoms with Gasteiger partial charge in [-0.2, -0.15) is 13.5 Å². The number of benzene rings is 2. The average molecular weight is 436 g/mol. The summed E-state index contributed by atoms with van der Waals surface area (Å²) in [5.74, 6) is 0.731. The average Bonchev–Trinajstić information content (AvgIpc) is 2.66. The molecule has 164 valence electrons. The van der Waals surface area contributed by atoms with E-state index in [0.29, 0.717) is 12.8 Å². The van der Waals surface area contributed by atoms with E-state index in [9.17, 15) is 13.2 Å². The van der Waals surface area contributed by atoms with Crippen LogP contribution in [0.15, 0.2) is 53.4 Å². The summed E-state index contributed by atoms with van der Waals surface area (Å²) >= 11 is 0. The van der Waals surface area contributed by atoms with Crippen molar-refractivity contribution in [1.29, 1.82) is 0 Å². The molecule has 0 atom stereocenters. The number of carbonyl (C=O) groups is 1. The summed E-state index contributed by atoms with van der Waals surface area (Å²) in [5.41, 5.74) is 1.12. The van der Waals surface area contributed by atoms with Gasteiger partial charge in [-0.3, -0.25) is 0 Å². The Morgan fingerprint density at radius 2 is 1.73 bits per heavy atom. The smallest absolute Gasteiger partial charge is 0.435 e. The van der Waals surface area contributed by atoms with Gasteiger partial charge < -0.3 is 9.47 Å². The Balaban J connectivity index is 2.13. The normalized spacial score (nSPS) is 11.8. The number of hydroxylamine groups is 2. The molecule has 2 aromatic carbocycles. The molecule has 30 heavy (non-hydrogen) atoms. The van der Waals surface area contributed by atoms with Crippen molar-refractivity contribution in [1.82, 2.24) is 5.06 Å². The fourth-order valence-corrected chi connectivity index (χ4v) is 3.52. The maximum Gasteiger partial charge on any atom is 0.435 e. The fourth-order valence-electron chi connectivity index (χ4n) is 2.59. The lowest BCUT2D eigenvalue weighted by Gasteiger charge is -2.26. The quantitative estimate of drug-likeness (QED) is 0.568. The molecule has 7 nitrogen and oxygen atoms in total. The fraction of sp³-hybridized carbons (Fsp3) is 0.409. The van der Waals surface area contributed by atoms with Crippen LogP contribution in [-0.4, -0.2) is 38.8 Å². The second-order valence-corrected chi connectivity index (χ2v) is 9.41. The summed E-state index contributed by atoms with van der Waals surface area (Å²) in [6.07, 6.45) is 0.212. The first-order valence-electron chi connectivity index (χ1n) is 9.65. The van der Waals surface area contributed by atoms with Crippen molar-refractivity contribution in [3.8, 4) is 5.75 Å². The molecule has 0 aliphatic rings. The van der Waals surface area contributed by atoms with E-state index < -0.39 is 21.8 Å².